The van der Waals surface area contributed by atoms with Crippen molar-refractivity contribution in [1.29, 1.82) is 0 Å². The lowest BCUT2D eigenvalue weighted by Gasteiger charge is -2.29. The molecule has 0 saturated carbocycles. The molecular weight excluding hydrogens is 621 g/mol. The maximum Gasteiger partial charge on any atom is 0.527 e. The zero-order chi connectivity index (χ0) is 32.4. The summed E-state index contributed by atoms with van der Waals surface area (Å²) in [7, 11) is 0. The molecule has 4 rings (SSSR count). The van der Waals surface area contributed by atoms with E-state index in [1.807, 2.05) is 0 Å². The Morgan fingerprint density at radius 1 is 0.773 bits per heavy atom. The zero-order valence-corrected chi connectivity index (χ0v) is 22.2. The molecule has 4 nitrogen and oxygen atoms in total. The van der Waals surface area contributed by atoms with Gasteiger partial charge >= 0.3 is 18.6 Å². The summed E-state index contributed by atoms with van der Waals surface area (Å²) in [5, 5.41) is 0. The third-order valence-corrected chi connectivity index (χ3v) is 6.39. The molecule has 0 radical (unpaired) electrons. The van der Waals surface area contributed by atoms with Crippen molar-refractivity contribution < 1.29 is 67.2 Å². The summed E-state index contributed by atoms with van der Waals surface area (Å²) >= 11 is 0. The Kier molecular flexibility index (Phi) is 9.61. The molecule has 1 heterocycles. The Balaban J connectivity index is 1.51. The Morgan fingerprint density at radius 3 is 1.82 bits per heavy atom. The standard InChI is InChI=1S/C29H21F11O4/c1-2-3-4-15-13-41-26(42-14-15)16-5-7-18(8-6-16)27(34,35)43-19-11-20(30)24(21(31)12-19)17-9-22(32)25(23(33)10-17)28(36,37)44-29(38,39)40/h2,5-12,15,26H,1,3-4,13-14H2. The van der Waals surface area contributed by atoms with E-state index in [2.05, 4.69) is 16.1 Å². The number of alkyl halides is 7. The van der Waals surface area contributed by atoms with E-state index in [0.717, 1.165) is 25.0 Å². The first-order chi connectivity index (χ1) is 20.5. The maximum atomic E-state index is 14.9. The molecule has 3 aromatic carbocycles. The van der Waals surface area contributed by atoms with Crippen molar-refractivity contribution >= 4 is 0 Å². The van der Waals surface area contributed by atoms with Crippen LogP contribution in [0.2, 0.25) is 0 Å². The van der Waals surface area contributed by atoms with E-state index in [4.69, 9.17) is 9.47 Å². The molecule has 0 atom stereocenters. The SMILES string of the molecule is C=CCCC1COC(c2ccc(C(F)(F)Oc3cc(F)c(-c4cc(F)c(C(F)(F)OC(F)(F)F)c(F)c4)c(F)c3)cc2)OC1. The molecule has 1 aliphatic heterocycles. The first kappa shape index (κ1) is 33.2. The fraction of sp³-hybridized carbons (Fsp3) is 0.310. The fourth-order valence-corrected chi connectivity index (χ4v) is 4.37. The molecule has 0 spiro atoms. The van der Waals surface area contributed by atoms with Crippen molar-refractivity contribution in [2.45, 2.75) is 37.7 Å². The van der Waals surface area contributed by atoms with Crippen LogP contribution >= 0.6 is 0 Å². The number of benzene rings is 3. The average Bonchev–Trinajstić information content (AvgIpc) is 2.90. The Hall–Kier alpha value is -3.69. The minimum atomic E-state index is -5.99. The topological polar surface area (TPSA) is 36.9 Å². The van der Waals surface area contributed by atoms with Crippen LogP contribution in [0.15, 0.2) is 61.2 Å². The minimum Gasteiger partial charge on any atom is -0.429 e. The predicted molar refractivity (Wildman–Crippen MR) is 131 cm³/mol. The number of hydrogen-bond acceptors (Lipinski definition) is 4. The molecule has 238 valence electrons. The van der Waals surface area contributed by atoms with Gasteiger partial charge in [-0.15, -0.1) is 19.8 Å². The van der Waals surface area contributed by atoms with Crippen molar-refractivity contribution in [2.24, 2.45) is 5.92 Å². The molecule has 0 amide bonds. The van der Waals surface area contributed by atoms with Crippen LogP contribution in [-0.4, -0.2) is 19.6 Å². The lowest BCUT2D eigenvalue weighted by Crippen LogP contribution is -2.29. The molecule has 1 aliphatic rings. The Labute approximate surface area is 242 Å². The van der Waals surface area contributed by atoms with Gasteiger partial charge in [-0.05, 0) is 42.7 Å². The highest BCUT2D eigenvalue weighted by molar-refractivity contribution is 5.66. The highest BCUT2D eigenvalue weighted by Crippen LogP contribution is 2.42. The first-order valence-corrected chi connectivity index (χ1v) is 12.7. The normalized spacial score (nSPS) is 17.9. The second kappa shape index (κ2) is 12.7. The van der Waals surface area contributed by atoms with Gasteiger partial charge in [-0.1, -0.05) is 18.2 Å². The van der Waals surface area contributed by atoms with Crippen LogP contribution in [0.3, 0.4) is 0 Å². The molecular formula is C29H21F11O4. The van der Waals surface area contributed by atoms with Crippen LogP contribution in [0.25, 0.3) is 11.1 Å². The van der Waals surface area contributed by atoms with Gasteiger partial charge in [0.2, 0.25) is 0 Å². The molecule has 0 unspecified atom stereocenters. The number of allylic oxidation sites excluding steroid dienone is 1. The van der Waals surface area contributed by atoms with Gasteiger partial charge in [0, 0.05) is 23.6 Å². The molecule has 0 aliphatic carbocycles. The summed E-state index contributed by atoms with van der Waals surface area (Å²) in [5.41, 5.74) is -5.13. The van der Waals surface area contributed by atoms with Crippen LogP contribution in [0.5, 0.6) is 5.75 Å². The molecule has 0 aromatic heterocycles. The highest BCUT2D eigenvalue weighted by Gasteiger charge is 2.49. The third-order valence-electron chi connectivity index (χ3n) is 6.39. The molecule has 44 heavy (non-hydrogen) atoms. The average molecular weight is 642 g/mol. The minimum absolute atomic E-state index is 0.0780. The van der Waals surface area contributed by atoms with Gasteiger partial charge < -0.3 is 14.2 Å². The molecule has 3 aromatic rings. The van der Waals surface area contributed by atoms with Crippen LogP contribution in [0, 0.1) is 29.2 Å². The summed E-state index contributed by atoms with van der Waals surface area (Å²) in [6.07, 6.45) is -13.1. The van der Waals surface area contributed by atoms with Crippen molar-refractivity contribution in [3.63, 3.8) is 0 Å². The monoisotopic (exact) mass is 642 g/mol. The summed E-state index contributed by atoms with van der Waals surface area (Å²) in [6, 6.07) is 4.81. The van der Waals surface area contributed by atoms with Gasteiger partial charge in [0.05, 0.1) is 24.3 Å². The van der Waals surface area contributed by atoms with Gasteiger partial charge in [-0.3, -0.25) is 0 Å². The van der Waals surface area contributed by atoms with Crippen LogP contribution in [0.1, 0.15) is 35.8 Å². The van der Waals surface area contributed by atoms with Crippen molar-refractivity contribution in [3.05, 3.63) is 101 Å². The molecule has 0 N–H and O–H groups in total. The van der Waals surface area contributed by atoms with Gasteiger partial charge in [0.15, 0.2) is 6.29 Å². The van der Waals surface area contributed by atoms with E-state index < -0.39 is 76.1 Å². The van der Waals surface area contributed by atoms with Crippen molar-refractivity contribution in [1.82, 2.24) is 0 Å². The zero-order valence-electron chi connectivity index (χ0n) is 22.2. The van der Waals surface area contributed by atoms with E-state index in [9.17, 15) is 48.3 Å². The summed E-state index contributed by atoms with van der Waals surface area (Å²) < 4.78 is 170. The first-order valence-electron chi connectivity index (χ1n) is 12.7. The largest absolute Gasteiger partial charge is 0.527 e. The second-order valence-corrected chi connectivity index (χ2v) is 9.61. The molecule has 1 fully saturated rings. The molecule has 15 heteroatoms. The lowest BCUT2D eigenvalue weighted by molar-refractivity contribution is -0.432. The van der Waals surface area contributed by atoms with Crippen molar-refractivity contribution in [2.75, 3.05) is 13.2 Å². The Bertz CT molecular complexity index is 1440. The van der Waals surface area contributed by atoms with E-state index in [-0.39, 0.29) is 30.2 Å². The van der Waals surface area contributed by atoms with Crippen LogP contribution in [0.4, 0.5) is 48.3 Å². The quantitative estimate of drug-likeness (QED) is 0.163. The molecule has 0 bridgehead atoms. The third kappa shape index (κ3) is 7.68. The van der Waals surface area contributed by atoms with E-state index in [1.165, 1.54) is 12.1 Å². The van der Waals surface area contributed by atoms with Crippen molar-refractivity contribution in [3.8, 4) is 16.9 Å². The summed E-state index contributed by atoms with van der Waals surface area (Å²) in [4.78, 5) is 0. The van der Waals surface area contributed by atoms with E-state index >= 15 is 0 Å². The fourth-order valence-electron chi connectivity index (χ4n) is 4.37. The number of ether oxygens (including phenoxy) is 4. The number of rotatable bonds is 10. The van der Waals surface area contributed by atoms with Crippen LogP contribution < -0.4 is 4.74 Å². The summed E-state index contributed by atoms with van der Waals surface area (Å²) in [6.45, 7) is 4.41. The van der Waals surface area contributed by atoms with Crippen LogP contribution in [-0.2, 0) is 26.4 Å². The molecule has 1 saturated heterocycles. The Morgan fingerprint density at radius 2 is 1.32 bits per heavy atom. The van der Waals surface area contributed by atoms with E-state index in [1.54, 1.807) is 6.08 Å². The van der Waals surface area contributed by atoms with Gasteiger partial charge in [-0.25, -0.2) is 22.3 Å². The van der Waals surface area contributed by atoms with Gasteiger partial charge in [0.25, 0.3) is 0 Å². The predicted octanol–water partition coefficient (Wildman–Crippen LogP) is 9.25. The summed E-state index contributed by atoms with van der Waals surface area (Å²) in [5.74, 6) is -9.01. The lowest BCUT2D eigenvalue weighted by atomic mass is 10.0. The van der Waals surface area contributed by atoms with Gasteiger partial charge in [-0.2, -0.15) is 17.6 Å². The maximum absolute atomic E-state index is 14.9. The smallest absolute Gasteiger partial charge is 0.429 e. The second-order valence-electron chi connectivity index (χ2n) is 9.61. The van der Waals surface area contributed by atoms with E-state index in [0.29, 0.717) is 18.8 Å². The van der Waals surface area contributed by atoms with Gasteiger partial charge in [0.1, 0.15) is 34.6 Å². The number of halogens is 11. The number of hydrogen-bond donors (Lipinski definition) is 0. The highest BCUT2D eigenvalue weighted by atomic mass is 19.4.